The number of nitrogens with zero attached hydrogens (tertiary/aromatic N) is 1. The molecule has 2 rings (SSSR count). The number of allylic oxidation sites excluding steroid dienone is 5. The predicted octanol–water partition coefficient (Wildman–Crippen LogP) is 2.20. The Hall–Kier alpha value is -3.10. The zero-order valence-corrected chi connectivity index (χ0v) is 17.7. The third-order valence-electron chi connectivity index (χ3n) is 4.95. The lowest BCUT2D eigenvalue weighted by atomic mass is 9.96. The van der Waals surface area contributed by atoms with Crippen LogP contribution in [-0.4, -0.2) is 36.2 Å². The largest absolute Gasteiger partial charge is 0.308 e. The van der Waals surface area contributed by atoms with Gasteiger partial charge < -0.3 is 5.32 Å². The minimum Gasteiger partial charge on any atom is -0.308 e. The molecule has 0 bridgehead atoms. The minimum absolute atomic E-state index is 0.0371. The molecule has 0 radical (unpaired) electrons. The van der Waals surface area contributed by atoms with Gasteiger partial charge in [0, 0.05) is 0 Å². The van der Waals surface area contributed by atoms with E-state index in [0.29, 0.717) is 32.2 Å². The molecular weight excluding hydrogens is 399 g/mol. The predicted molar refractivity (Wildman–Crippen MR) is 117 cm³/mol. The van der Waals surface area contributed by atoms with Crippen molar-refractivity contribution in [2.45, 2.75) is 39.0 Å². The monoisotopic (exact) mass is 428 g/mol. The smallest absolute Gasteiger partial charge is 0.247 e. The van der Waals surface area contributed by atoms with Crippen LogP contribution < -0.4 is 16.6 Å². The van der Waals surface area contributed by atoms with Gasteiger partial charge in [-0.05, 0) is 49.4 Å². The van der Waals surface area contributed by atoms with Gasteiger partial charge in [-0.3, -0.25) is 19.8 Å². The molecule has 0 saturated heterocycles. The second-order valence-corrected chi connectivity index (χ2v) is 7.19. The van der Waals surface area contributed by atoms with Crippen molar-refractivity contribution in [1.29, 1.82) is 0 Å². The van der Waals surface area contributed by atoms with Gasteiger partial charge in [-0.15, -0.1) is 0 Å². The van der Waals surface area contributed by atoms with Crippen molar-refractivity contribution < 1.29 is 18.8 Å². The number of hydrazine groups is 1. The molecular formula is C23H29FN4O3. The van der Waals surface area contributed by atoms with E-state index >= 15 is 0 Å². The van der Waals surface area contributed by atoms with Crippen LogP contribution in [0.2, 0.25) is 0 Å². The average Bonchev–Trinajstić information content (AvgIpc) is 2.95. The van der Waals surface area contributed by atoms with Crippen molar-refractivity contribution in [3.05, 3.63) is 70.7 Å². The molecule has 0 spiro atoms. The summed E-state index contributed by atoms with van der Waals surface area (Å²) in [5, 5.41) is 2.92. The Bertz CT molecular complexity index is 893. The second kappa shape index (κ2) is 12.6. The van der Waals surface area contributed by atoms with E-state index in [4.69, 9.17) is 5.84 Å². The number of rotatable bonds is 11. The van der Waals surface area contributed by atoms with Crippen molar-refractivity contribution in [3.63, 3.8) is 0 Å². The second-order valence-electron chi connectivity index (χ2n) is 7.19. The van der Waals surface area contributed by atoms with E-state index in [9.17, 15) is 18.8 Å². The number of imide groups is 1. The molecule has 1 aromatic carbocycles. The number of amides is 3. The molecule has 1 aliphatic rings. The van der Waals surface area contributed by atoms with Crippen LogP contribution in [0, 0.1) is 0 Å². The third kappa shape index (κ3) is 7.27. The van der Waals surface area contributed by atoms with E-state index in [0.717, 1.165) is 28.0 Å². The number of halogens is 1. The van der Waals surface area contributed by atoms with Gasteiger partial charge >= 0.3 is 0 Å². The van der Waals surface area contributed by atoms with Crippen molar-refractivity contribution in [1.82, 2.24) is 15.6 Å². The molecule has 0 unspecified atom stereocenters. The summed E-state index contributed by atoms with van der Waals surface area (Å²) >= 11 is 0. The fourth-order valence-electron chi connectivity index (χ4n) is 3.27. The van der Waals surface area contributed by atoms with Crippen molar-refractivity contribution in [3.8, 4) is 0 Å². The lowest BCUT2D eigenvalue weighted by molar-refractivity contribution is -0.135. The highest BCUT2D eigenvalue weighted by Crippen LogP contribution is 2.25. The van der Waals surface area contributed by atoms with Crippen LogP contribution in [0.3, 0.4) is 0 Å². The molecule has 1 aliphatic carbocycles. The minimum atomic E-state index is -0.633. The average molecular weight is 429 g/mol. The van der Waals surface area contributed by atoms with Gasteiger partial charge in [0.15, 0.2) is 0 Å². The quantitative estimate of drug-likeness (QED) is 0.165. The molecule has 0 saturated carbocycles. The molecule has 0 aliphatic heterocycles. The summed E-state index contributed by atoms with van der Waals surface area (Å²) < 4.78 is 14.6. The maximum atomic E-state index is 14.6. The van der Waals surface area contributed by atoms with Crippen LogP contribution in [0.4, 0.5) is 4.39 Å². The van der Waals surface area contributed by atoms with E-state index < -0.39 is 11.7 Å². The highest BCUT2D eigenvalue weighted by Gasteiger charge is 2.21. The Morgan fingerprint density at radius 2 is 1.94 bits per heavy atom. The SMILES string of the molecule is CCCNCC(=O)N(C=O)C1=CCC(CCc2ccccc2CC(=O)NN)=CC=C1F. The number of carbonyl (C=O) groups excluding carboxylic acids is 3. The van der Waals surface area contributed by atoms with E-state index in [1.165, 1.54) is 6.08 Å². The van der Waals surface area contributed by atoms with Gasteiger partial charge in [0.05, 0.1) is 18.7 Å². The number of benzene rings is 1. The molecule has 1 aromatic rings. The van der Waals surface area contributed by atoms with Gasteiger partial charge in [0.1, 0.15) is 5.83 Å². The Kier molecular flexibility index (Phi) is 9.80. The normalized spacial score (nSPS) is 13.5. The summed E-state index contributed by atoms with van der Waals surface area (Å²) in [5.41, 5.74) is 4.94. The number of nitrogens with two attached hydrogens (primary N) is 1. The first-order valence-electron chi connectivity index (χ1n) is 10.3. The van der Waals surface area contributed by atoms with Crippen molar-refractivity contribution >= 4 is 18.2 Å². The summed E-state index contributed by atoms with van der Waals surface area (Å²) in [5.74, 6) is 3.77. The zero-order valence-electron chi connectivity index (χ0n) is 17.7. The maximum absolute atomic E-state index is 14.6. The zero-order chi connectivity index (χ0) is 22.6. The third-order valence-corrected chi connectivity index (χ3v) is 4.95. The summed E-state index contributed by atoms with van der Waals surface area (Å²) in [6.45, 7) is 2.56. The maximum Gasteiger partial charge on any atom is 0.247 e. The summed E-state index contributed by atoms with van der Waals surface area (Å²) in [6.07, 6.45) is 7.61. The Balaban J connectivity index is 2.06. The Morgan fingerprint density at radius 3 is 2.61 bits per heavy atom. The first-order chi connectivity index (χ1) is 15.0. The molecule has 0 heterocycles. The van der Waals surface area contributed by atoms with Crippen LogP contribution in [0.15, 0.2) is 59.6 Å². The van der Waals surface area contributed by atoms with Crippen LogP contribution in [0.5, 0.6) is 0 Å². The van der Waals surface area contributed by atoms with Crippen LogP contribution in [0.1, 0.15) is 37.3 Å². The molecule has 0 aromatic heterocycles. The Morgan fingerprint density at radius 1 is 1.19 bits per heavy atom. The number of carbonyl (C=O) groups is 3. The summed E-state index contributed by atoms with van der Waals surface area (Å²) in [7, 11) is 0. The van der Waals surface area contributed by atoms with E-state index in [2.05, 4.69) is 10.7 Å². The highest BCUT2D eigenvalue weighted by molar-refractivity contribution is 5.90. The summed E-state index contributed by atoms with van der Waals surface area (Å²) in [4.78, 5) is 36.2. The first kappa shape index (κ1) is 24.2. The number of aryl methyl sites for hydroxylation is 1. The standard InChI is InChI=1S/C23H29FN4O3/c1-2-13-26-15-23(31)28(16-29)21-12-9-17(8-11-20(21)24)7-10-18-5-3-4-6-19(18)14-22(30)27-25/h3-6,8,11-12,16,26H,2,7,9-10,13-15,25H2,1H3,(H,27,30). The number of nitrogens with one attached hydrogen (secondary N) is 2. The molecule has 4 N–H and O–H groups in total. The molecule has 0 fully saturated rings. The van der Waals surface area contributed by atoms with E-state index in [-0.39, 0.29) is 24.6 Å². The molecule has 0 atom stereocenters. The first-order valence-corrected chi connectivity index (χ1v) is 10.3. The van der Waals surface area contributed by atoms with Crippen LogP contribution in [-0.2, 0) is 27.2 Å². The summed E-state index contributed by atoms with van der Waals surface area (Å²) in [6, 6.07) is 7.59. The van der Waals surface area contributed by atoms with E-state index in [1.54, 1.807) is 12.2 Å². The van der Waals surface area contributed by atoms with Crippen molar-refractivity contribution in [2.75, 3.05) is 13.1 Å². The van der Waals surface area contributed by atoms with Gasteiger partial charge in [-0.2, -0.15) is 0 Å². The van der Waals surface area contributed by atoms with Gasteiger partial charge in [-0.25, -0.2) is 15.1 Å². The lowest BCUT2D eigenvalue weighted by Crippen LogP contribution is -2.37. The van der Waals surface area contributed by atoms with Crippen LogP contribution in [0.25, 0.3) is 0 Å². The van der Waals surface area contributed by atoms with Crippen LogP contribution >= 0.6 is 0 Å². The molecule has 8 heteroatoms. The Labute approximate surface area is 181 Å². The molecule has 31 heavy (non-hydrogen) atoms. The molecule has 166 valence electrons. The van der Waals surface area contributed by atoms with Gasteiger partial charge in [-0.1, -0.05) is 48.9 Å². The molecule has 3 amide bonds. The van der Waals surface area contributed by atoms with Crippen molar-refractivity contribution in [2.24, 2.45) is 5.84 Å². The lowest BCUT2D eigenvalue weighted by Gasteiger charge is -2.18. The fraction of sp³-hybridized carbons (Fsp3) is 0.348. The number of hydrogen-bond acceptors (Lipinski definition) is 5. The highest BCUT2D eigenvalue weighted by atomic mass is 19.1. The van der Waals surface area contributed by atoms with Gasteiger partial charge in [0.2, 0.25) is 18.2 Å². The van der Waals surface area contributed by atoms with E-state index in [1.807, 2.05) is 31.2 Å². The topological polar surface area (TPSA) is 105 Å². The number of hydrogen-bond donors (Lipinski definition) is 3. The molecule has 7 nitrogen and oxygen atoms in total. The fourth-order valence-corrected chi connectivity index (χ4v) is 3.27. The van der Waals surface area contributed by atoms with Gasteiger partial charge in [0.25, 0.3) is 0 Å².